The first kappa shape index (κ1) is 11.4. The van der Waals surface area contributed by atoms with Gasteiger partial charge in [0.2, 0.25) is 0 Å². The number of aliphatic hydroxyl groups is 1. The van der Waals surface area contributed by atoms with Gasteiger partial charge in [-0.25, -0.2) is 0 Å². The highest BCUT2D eigenvalue weighted by Gasteiger charge is 2.17. The SMILES string of the molecule is CCN(CCO)c1ccncc1[N+](=O)[O-]. The van der Waals surface area contributed by atoms with Crippen LogP contribution in [0.2, 0.25) is 0 Å². The van der Waals surface area contributed by atoms with E-state index >= 15 is 0 Å². The Morgan fingerprint density at radius 3 is 2.93 bits per heavy atom. The summed E-state index contributed by atoms with van der Waals surface area (Å²) in [4.78, 5) is 15.7. The van der Waals surface area contributed by atoms with Gasteiger partial charge in [-0.2, -0.15) is 0 Å². The quantitative estimate of drug-likeness (QED) is 0.575. The molecule has 1 aromatic rings. The molecular formula is C9H13N3O3. The third kappa shape index (κ3) is 2.63. The molecule has 1 heterocycles. The molecule has 0 amide bonds. The fraction of sp³-hybridized carbons (Fsp3) is 0.444. The Kier molecular flexibility index (Phi) is 3.99. The molecule has 0 fully saturated rings. The second-order valence-corrected chi connectivity index (χ2v) is 2.92. The van der Waals surface area contributed by atoms with E-state index in [0.717, 1.165) is 0 Å². The second kappa shape index (κ2) is 5.26. The van der Waals surface area contributed by atoms with Gasteiger partial charge in [-0.3, -0.25) is 15.1 Å². The average Bonchev–Trinajstić information content (AvgIpc) is 2.26. The van der Waals surface area contributed by atoms with E-state index in [0.29, 0.717) is 18.8 Å². The van der Waals surface area contributed by atoms with Crippen LogP contribution >= 0.6 is 0 Å². The number of nitro groups is 1. The summed E-state index contributed by atoms with van der Waals surface area (Å²) in [5, 5.41) is 19.6. The number of likely N-dealkylation sites (N-methyl/N-ethyl adjacent to an activating group) is 1. The maximum Gasteiger partial charge on any atom is 0.310 e. The van der Waals surface area contributed by atoms with E-state index in [2.05, 4.69) is 4.98 Å². The molecule has 0 spiro atoms. The van der Waals surface area contributed by atoms with Crippen molar-refractivity contribution in [1.82, 2.24) is 4.98 Å². The van der Waals surface area contributed by atoms with Gasteiger partial charge in [0.25, 0.3) is 0 Å². The summed E-state index contributed by atoms with van der Waals surface area (Å²) in [6.07, 6.45) is 2.72. The van der Waals surface area contributed by atoms with E-state index in [1.807, 2.05) is 6.92 Å². The van der Waals surface area contributed by atoms with Gasteiger partial charge in [0.05, 0.1) is 11.5 Å². The summed E-state index contributed by atoms with van der Waals surface area (Å²) in [5.74, 6) is 0. The number of rotatable bonds is 5. The van der Waals surface area contributed by atoms with Gasteiger partial charge in [-0.15, -0.1) is 0 Å². The van der Waals surface area contributed by atoms with Crippen molar-refractivity contribution in [1.29, 1.82) is 0 Å². The Balaban J connectivity index is 3.04. The zero-order valence-electron chi connectivity index (χ0n) is 8.46. The summed E-state index contributed by atoms with van der Waals surface area (Å²) in [5.41, 5.74) is 0.458. The van der Waals surface area contributed by atoms with Crippen molar-refractivity contribution in [3.8, 4) is 0 Å². The predicted molar refractivity (Wildman–Crippen MR) is 55.9 cm³/mol. The second-order valence-electron chi connectivity index (χ2n) is 2.92. The molecular weight excluding hydrogens is 198 g/mol. The predicted octanol–water partition coefficient (Wildman–Crippen LogP) is 0.808. The van der Waals surface area contributed by atoms with Crippen LogP contribution in [0.4, 0.5) is 11.4 Å². The Morgan fingerprint density at radius 1 is 1.67 bits per heavy atom. The smallest absolute Gasteiger partial charge is 0.310 e. The Bertz CT molecular complexity index is 343. The van der Waals surface area contributed by atoms with Gasteiger partial charge < -0.3 is 10.0 Å². The Hall–Kier alpha value is -1.69. The lowest BCUT2D eigenvalue weighted by molar-refractivity contribution is -0.384. The molecule has 0 saturated heterocycles. The van der Waals surface area contributed by atoms with E-state index in [9.17, 15) is 10.1 Å². The van der Waals surface area contributed by atoms with Gasteiger partial charge in [-0.1, -0.05) is 0 Å². The molecule has 0 aliphatic heterocycles. The molecule has 1 N–H and O–H groups in total. The molecule has 15 heavy (non-hydrogen) atoms. The minimum Gasteiger partial charge on any atom is -0.395 e. The number of hydrogen-bond acceptors (Lipinski definition) is 5. The number of aromatic nitrogens is 1. The third-order valence-electron chi connectivity index (χ3n) is 2.07. The fourth-order valence-electron chi connectivity index (χ4n) is 1.36. The molecule has 1 rings (SSSR count). The van der Waals surface area contributed by atoms with E-state index in [4.69, 9.17) is 5.11 Å². The van der Waals surface area contributed by atoms with Crippen LogP contribution in [0.15, 0.2) is 18.5 Å². The van der Waals surface area contributed by atoms with Crippen LogP contribution < -0.4 is 4.90 Å². The molecule has 82 valence electrons. The minimum atomic E-state index is -0.470. The Labute approximate surface area is 87.3 Å². The van der Waals surface area contributed by atoms with E-state index in [1.165, 1.54) is 12.4 Å². The van der Waals surface area contributed by atoms with Crippen LogP contribution in [0.1, 0.15) is 6.92 Å². The topological polar surface area (TPSA) is 79.5 Å². The van der Waals surface area contributed by atoms with Crippen molar-refractivity contribution in [2.24, 2.45) is 0 Å². The molecule has 0 radical (unpaired) electrons. The van der Waals surface area contributed by atoms with Crippen molar-refractivity contribution in [2.75, 3.05) is 24.6 Å². The summed E-state index contributed by atoms with van der Waals surface area (Å²) in [6, 6.07) is 1.58. The van der Waals surface area contributed by atoms with Gasteiger partial charge in [-0.05, 0) is 13.0 Å². The van der Waals surface area contributed by atoms with Gasteiger partial charge in [0.15, 0.2) is 0 Å². The zero-order chi connectivity index (χ0) is 11.3. The molecule has 0 aliphatic carbocycles. The standard InChI is InChI=1S/C9H13N3O3/c1-2-11(5-6-13)8-3-4-10-7-9(8)12(14)15/h3-4,7,13H,2,5-6H2,1H3. The first-order valence-electron chi connectivity index (χ1n) is 4.65. The van der Waals surface area contributed by atoms with E-state index in [-0.39, 0.29) is 12.3 Å². The van der Waals surface area contributed by atoms with Crippen LogP contribution in [0.3, 0.4) is 0 Å². The lowest BCUT2D eigenvalue weighted by atomic mass is 10.3. The van der Waals surface area contributed by atoms with Gasteiger partial charge in [0, 0.05) is 19.3 Å². The normalized spacial score (nSPS) is 10.0. The van der Waals surface area contributed by atoms with Crippen LogP contribution in [0.5, 0.6) is 0 Å². The number of anilines is 1. The van der Waals surface area contributed by atoms with Crippen molar-refractivity contribution in [3.63, 3.8) is 0 Å². The average molecular weight is 211 g/mol. The molecule has 6 nitrogen and oxygen atoms in total. The minimum absolute atomic E-state index is 0.0344. The zero-order valence-corrected chi connectivity index (χ0v) is 8.46. The summed E-state index contributed by atoms with van der Waals surface area (Å²) in [6.45, 7) is 2.82. The molecule has 0 aliphatic rings. The molecule has 6 heteroatoms. The van der Waals surface area contributed by atoms with Crippen molar-refractivity contribution in [2.45, 2.75) is 6.92 Å². The highest BCUT2D eigenvalue weighted by molar-refractivity contribution is 5.61. The van der Waals surface area contributed by atoms with Crippen LogP contribution in [-0.4, -0.2) is 34.7 Å². The molecule has 0 saturated carbocycles. The molecule has 1 aromatic heterocycles. The molecule has 0 unspecified atom stereocenters. The van der Waals surface area contributed by atoms with Crippen LogP contribution in [-0.2, 0) is 0 Å². The maximum absolute atomic E-state index is 10.7. The van der Waals surface area contributed by atoms with Gasteiger partial charge >= 0.3 is 5.69 Å². The third-order valence-corrected chi connectivity index (χ3v) is 2.07. The monoisotopic (exact) mass is 211 g/mol. The summed E-state index contributed by atoms with van der Waals surface area (Å²) >= 11 is 0. The first-order valence-corrected chi connectivity index (χ1v) is 4.65. The number of pyridine rings is 1. The Morgan fingerprint density at radius 2 is 2.40 bits per heavy atom. The number of nitrogens with zero attached hydrogens (tertiary/aromatic N) is 3. The van der Waals surface area contributed by atoms with Crippen LogP contribution in [0.25, 0.3) is 0 Å². The summed E-state index contributed by atoms with van der Waals surface area (Å²) < 4.78 is 0. The van der Waals surface area contributed by atoms with E-state index in [1.54, 1.807) is 11.0 Å². The largest absolute Gasteiger partial charge is 0.395 e. The molecule has 0 bridgehead atoms. The molecule has 0 aromatic carbocycles. The number of aliphatic hydroxyl groups excluding tert-OH is 1. The highest BCUT2D eigenvalue weighted by Crippen LogP contribution is 2.25. The van der Waals surface area contributed by atoms with Crippen LogP contribution in [0, 0.1) is 10.1 Å². The first-order chi connectivity index (χ1) is 7.20. The van der Waals surface area contributed by atoms with Crippen molar-refractivity contribution in [3.05, 3.63) is 28.6 Å². The van der Waals surface area contributed by atoms with Gasteiger partial charge in [0.1, 0.15) is 11.9 Å². The summed E-state index contributed by atoms with van der Waals surface area (Å²) in [7, 11) is 0. The highest BCUT2D eigenvalue weighted by atomic mass is 16.6. The molecule has 0 atom stereocenters. The lowest BCUT2D eigenvalue weighted by Gasteiger charge is -2.21. The maximum atomic E-state index is 10.7. The lowest BCUT2D eigenvalue weighted by Crippen LogP contribution is -2.26. The van der Waals surface area contributed by atoms with Crippen molar-refractivity contribution < 1.29 is 10.0 Å². The fourth-order valence-corrected chi connectivity index (χ4v) is 1.36. The van der Waals surface area contributed by atoms with E-state index < -0.39 is 4.92 Å². The number of hydrogen-bond donors (Lipinski definition) is 1. The van der Waals surface area contributed by atoms with Crippen molar-refractivity contribution >= 4 is 11.4 Å².